The number of carbonyl (C=O) groups is 1. The van der Waals surface area contributed by atoms with Crippen molar-refractivity contribution in [2.45, 2.75) is 13.3 Å². The number of phenols is 1. The largest absolute Gasteiger partial charge is 0.507 e. The zero-order valence-electron chi connectivity index (χ0n) is 9.50. The first-order valence-electron chi connectivity index (χ1n) is 5.22. The molecular formula is C12H13N3O2. The van der Waals surface area contributed by atoms with Crippen LogP contribution < -0.4 is 0 Å². The molecule has 0 spiro atoms. The van der Waals surface area contributed by atoms with Crippen molar-refractivity contribution in [1.29, 1.82) is 0 Å². The first-order chi connectivity index (χ1) is 8.19. The molecule has 0 aromatic heterocycles. The van der Waals surface area contributed by atoms with Crippen LogP contribution in [0.4, 0.5) is 0 Å². The van der Waals surface area contributed by atoms with Gasteiger partial charge in [-0.1, -0.05) is 30.3 Å². The molecule has 0 unspecified atom stereocenters. The zero-order chi connectivity index (χ0) is 12.7. The number of hydrogen-bond acceptors (Lipinski definition) is 3. The number of benzene rings is 1. The summed E-state index contributed by atoms with van der Waals surface area (Å²) in [6, 6.07) is 4.79. The van der Waals surface area contributed by atoms with Gasteiger partial charge in [0.15, 0.2) is 5.78 Å². The molecule has 0 heterocycles. The van der Waals surface area contributed by atoms with Crippen LogP contribution in [0.5, 0.6) is 5.75 Å². The van der Waals surface area contributed by atoms with Crippen molar-refractivity contribution >= 4 is 11.9 Å². The quantitative estimate of drug-likeness (QED) is 0.364. The molecule has 1 rings (SSSR count). The molecular weight excluding hydrogens is 218 g/mol. The second-order valence-electron chi connectivity index (χ2n) is 3.37. The third-order valence-corrected chi connectivity index (χ3v) is 2.20. The van der Waals surface area contributed by atoms with Gasteiger partial charge in [0, 0.05) is 17.9 Å². The summed E-state index contributed by atoms with van der Waals surface area (Å²) in [6.07, 6.45) is 3.77. The second kappa shape index (κ2) is 6.35. The number of nitrogens with zero attached hydrogens (tertiary/aromatic N) is 3. The Morgan fingerprint density at radius 2 is 2.35 bits per heavy atom. The standard InChI is InChI=1S/C12H13N3O2/c1-2-11(16)10-8-9(5-6-12(10)17)4-3-7-14-15-13/h3-6,8,17H,2,7H2,1H3. The van der Waals surface area contributed by atoms with Gasteiger partial charge in [-0.3, -0.25) is 4.79 Å². The minimum absolute atomic E-state index is 0.0101. The SMILES string of the molecule is CCC(=O)c1cc(C=CCN=[N+]=[N-])ccc1O. The molecule has 0 fully saturated rings. The Bertz CT molecular complexity index is 489. The summed E-state index contributed by atoms with van der Waals surface area (Å²) in [5.74, 6) is -0.114. The minimum Gasteiger partial charge on any atom is -0.507 e. The lowest BCUT2D eigenvalue weighted by Gasteiger charge is -2.03. The number of Topliss-reactive ketones (excluding diaryl/α,β-unsaturated/α-hetero) is 1. The van der Waals surface area contributed by atoms with E-state index < -0.39 is 0 Å². The zero-order valence-corrected chi connectivity index (χ0v) is 9.50. The average molecular weight is 231 g/mol. The maximum absolute atomic E-state index is 11.5. The van der Waals surface area contributed by atoms with E-state index >= 15 is 0 Å². The lowest BCUT2D eigenvalue weighted by Crippen LogP contribution is -1.97. The molecule has 5 heteroatoms. The van der Waals surface area contributed by atoms with Crippen LogP contribution in [-0.2, 0) is 0 Å². The molecule has 0 atom stereocenters. The predicted octanol–water partition coefficient (Wildman–Crippen LogP) is 3.31. The number of rotatable bonds is 5. The van der Waals surface area contributed by atoms with E-state index in [4.69, 9.17) is 5.53 Å². The van der Waals surface area contributed by atoms with Crippen LogP contribution in [0.3, 0.4) is 0 Å². The fourth-order valence-corrected chi connectivity index (χ4v) is 1.34. The van der Waals surface area contributed by atoms with Crippen molar-refractivity contribution < 1.29 is 9.90 Å². The van der Waals surface area contributed by atoms with Crippen LogP contribution in [0.15, 0.2) is 29.4 Å². The topological polar surface area (TPSA) is 86.1 Å². The predicted molar refractivity (Wildman–Crippen MR) is 65.8 cm³/mol. The van der Waals surface area contributed by atoms with Crippen LogP contribution in [0.25, 0.3) is 16.5 Å². The van der Waals surface area contributed by atoms with Gasteiger partial charge in [-0.25, -0.2) is 0 Å². The molecule has 0 amide bonds. The first-order valence-corrected chi connectivity index (χ1v) is 5.22. The third kappa shape index (κ3) is 3.66. The van der Waals surface area contributed by atoms with Crippen LogP contribution in [0, 0.1) is 0 Å². The van der Waals surface area contributed by atoms with Crippen LogP contribution in [0.2, 0.25) is 0 Å². The Morgan fingerprint density at radius 1 is 1.59 bits per heavy atom. The first kappa shape index (κ1) is 12.8. The molecule has 0 aliphatic rings. The Hall–Kier alpha value is -2.26. The van der Waals surface area contributed by atoms with Gasteiger partial charge in [0.25, 0.3) is 0 Å². The molecule has 5 nitrogen and oxygen atoms in total. The van der Waals surface area contributed by atoms with E-state index in [9.17, 15) is 9.90 Å². The highest BCUT2D eigenvalue weighted by atomic mass is 16.3. The maximum atomic E-state index is 11.5. The van der Waals surface area contributed by atoms with Crippen molar-refractivity contribution in [3.8, 4) is 5.75 Å². The van der Waals surface area contributed by atoms with Gasteiger partial charge in [0.2, 0.25) is 0 Å². The van der Waals surface area contributed by atoms with Gasteiger partial charge >= 0.3 is 0 Å². The molecule has 0 radical (unpaired) electrons. The lowest BCUT2D eigenvalue weighted by atomic mass is 10.0. The van der Waals surface area contributed by atoms with E-state index in [0.29, 0.717) is 12.0 Å². The summed E-state index contributed by atoms with van der Waals surface area (Å²) in [4.78, 5) is 14.1. The Kier molecular flexibility index (Phi) is 4.78. The van der Waals surface area contributed by atoms with E-state index in [1.165, 1.54) is 6.07 Å². The molecule has 1 aromatic rings. The van der Waals surface area contributed by atoms with E-state index in [1.807, 2.05) is 0 Å². The second-order valence-corrected chi connectivity index (χ2v) is 3.37. The number of ketones is 1. The van der Waals surface area contributed by atoms with E-state index in [-0.39, 0.29) is 18.1 Å². The van der Waals surface area contributed by atoms with Crippen molar-refractivity contribution in [2.75, 3.05) is 6.54 Å². The maximum Gasteiger partial charge on any atom is 0.166 e. The molecule has 1 N–H and O–H groups in total. The molecule has 0 bridgehead atoms. The molecule has 0 saturated heterocycles. The smallest absolute Gasteiger partial charge is 0.166 e. The number of carbonyl (C=O) groups excluding carboxylic acids is 1. The molecule has 1 aromatic carbocycles. The normalized spacial score (nSPS) is 10.2. The van der Waals surface area contributed by atoms with Gasteiger partial charge in [-0.2, -0.15) is 0 Å². The molecule has 0 aliphatic carbocycles. The van der Waals surface area contributed by atoms with Gasteiger partial charge in [-0.15, -0.1) is 0 Å². The summed E-state index contributed by atoms with van der Waals surface area (Å²) in [6.45, 7) is 2.00. The van der Waals surface area contributed by atoms with E-state index in [2.05, 4.69) is 10.0 Å². The van der Waals surface area contributed by atoms with Gasteiger partial charge < -0.3 is 5.11 Å². The number of aromatic hydroxyl groups is 1. The van der Waals surface area contributed by atoms with Crippen LogP contribution >= 0.6 is 0 Å². The molecule has 0 aliphatic heterocycles. The van der Waals surface area contributed by atoms with Gasteiger partial charge in [-0.05, 0) is 23.2 Å². The Morgan fingerprint density at radius 3 is 3.00 bits per heavy atom. The lowest BCUT2D eigenvalue weighted by molar-refractivity contribution is 0.0985. The van der Waals surface area contributed by atoms with Crippen LogP contribution in [0.1, 0.15) is 29.3 Å². The highest BCUT2D eigenvalue weighted by Crippen LogP contribution is 2.20. The fraction of sp³-hybridized carbons (Fsp3) is 0.250. The molecule has 0 saturated carbocycles. The van der Waals surface area contributed by atoms with Crippen molar-refractivity contribution in [1.82, 2.24) is 0 Å². The van der Waals surface area contributed by atoms with E-state index in [1.54, 1.807) is 31.2 Å². The molecule has 88 valence electrons. The van der Waals surface area contributed by atoms with Gasteiger partial charge in [0.1, 0.15) is 5.75 Å². The summed E-state index contributed by atoms with van der Waals surface area (Å²) < 4.78 is 0. The van der Waals surface area contributed by atoms with Crippen molar-refractivity contribution in [2.24, 2.45) is 5.11 Å². The number of phenolic OH excluding ortho intramolecular Hbond substituents is 1. The number of azide groups is 1. The summed E-state index contributed by atoms with van der Waals surface area (Å²) >= 11 is 0. The van der Waals surface area contributed by atoms with Crippen LogP contribution in [-0.4, -0.2) is 17.4 Å². The average Bonchev–Trinajstić information content (AvgIpc) is 2.35. The summed E-state index contributed by atoms with van der Waals surface area (Å²) in [7, 11) is 0. The summed E-state index contributed by atoms with van der Waals surface area (Å²) in [5.41, 5.74) is 9.20. The minimum atomic E-state index is -0.104. The van der Waals surface area contributed by atoms with Crippen molar-refractivity contribution in [3.63, 3.8) is 0 Å². The monoisotopic (exact) mass is 231 g/mol. The van der Waals surface area contributed by atoms with Gasteiger partial charge in [0.05, 0.1) is 5.56 Å². The fourth-order valence-electron chi connectivity index (χ4n) is 1.34. The Balaban J connectivity index is 2.92. The molecule has 17 heavy (non-hydrogen) atoms. The number of hydrogen-bond donors (Lipinski definition) is 1. The van der Waals surface area contributed by atoms with Crippen molar-refractivity contribution in [3.05, 3.63) is 45.8 Å². The van der Waals surface area contributed by atoms with E-state index in [0.717, 1.165) is 5.56 Å². The third-order valence-electron chi connectivity index (χ3n) is 2.20. The highest BCUT2D eigenvalue weighted by molar-refractivity contribution is 5.98. The Labute approximate surface area is 99.0 Å². The highest BCUT2D eigenvalue weighted by Gasteiger charge is 2.08. The summed E-state index contributed by atoms with van der Waals surface area (Å²) in [5, 5.41) is 12.9.